The molecule has 0 aromatic heterocycles. The molecule has 0 spiro atoms. The number of hydrogen-bond acceptors (Lipinski definition) is 2. The van der Waals surface area contributed by atoms with Crippen LogP contribution in [-0.2, 0) is 4.84 Å². The van der Waals surface area contributed by atoms with Crippen LogP contribution in [0.5, 0.6) is 0 Å². The predicted octanol–water partition coefficient (Wildman–Crippen LogP) is 1.85. The van der Waals surface area contributed by atoms with E-state index in [0.717, 1.165) is 20.3 Å². The molecule has 0 unspecified atom stereocenters. The third kappa shape index (κ3) is 1.92. The highest BCUT2D eigenvalue weighted by Crippen LogP contribution is 2.25. The van der Waals surface area contributed by atoms with Gasteiger partial charge in [0.15, 0.2) is 0 Å². The van der Waals surface area contributed by atoms with E-state index in [4.69, 9.17) is 17.1 Å². The summed E-state index contributed by atoms with van der Waals surface area (Å²) in [6.07, 6.45) is 0.869. The van der Waals surface area contributed by atoms with Crippen LogP contribution in [0.25, 0.3) is 0 Å². The van der Waals surface area contributed by atoms with Crippen molar-refractivity contribution in [2.24, 2.45) is 0 Å². The Morgan fingerprint density at radius 1 is 1.60 bits per heavy atom. The summed E-state index contributed by atoms with van der Waals surface area (Å²) in [5.41, 5.74) is 2.70. The quantitative estimate of drug-likeness (QED) is 0.447. The van der Waals surface area contributed by atoms with Crippen molar-refractivity contribution in [3.05, 3.63) is 0 Å². The summed E-state index contributed by atoms with van der Waals surface area (Å²) in [5, 5.41) is 0. The van der Waals surface area contributed by atoms with Crippen molar-refractivity contribution in [2.75, 3.05) is 8.86 Å². The summed E-state index contributed by atoms with van der Waals surface area (Å²) in [6.45, 7) is 0. The molecule has 1 N–H and O–H groups in total. The van der Waals surface area contributed by atoms with E-state index in [1.807, 2.05) is 0 Å². The SMILES string of the molecule is S=C1CC(CI)(CI)ON1. The second-order valence-electron chi connectivity index (χ2n) is 2.25. The number of hydroxylamine groups is 1. The van der Waals surface area contributed by atoms with Crippen molar-refractivity contribution in [1.82, 2.24) is 5.48 Å². The van der Waals surface area contributed by atoms with Crippen LogP contribution in [0.4, 0.5) is 0 Å². The van der Waals surface area contributed by atoms with Gasteiger partial charge in [-0.3, -0.25) is 10.3 Å². The average Bonchev–Trinajstić information content (AvgIpc) is 2.33. The largest absolute Gasteiger partial charge is 0.267 e. The number of nitrogens with one attached hydrogen (secondary N) is 1. The first-order chi connectivity index (χ1) is 4.72. The number of alkyl halides is 2. The molecule has 0 atom stereocenters. The lowest BCUT2D eigenvalue weighted by Crippen LogP contribution is -2.32. The molecule has 0 radical (unpaired) electrons. The summed E-state index contributed by atoms with van der Waals surface area (Å²) in [4.78, 5) is 6.17. The Kier molecular flexibility index (Phi) is 3.58. The third-order valence-electron chi connectivity index (χ3n) is 1.35. The standard InChI is InChI=1S/C5H7I2NOS/c6-2-5(3-7)1-4(10)8-9-5/h1-3H2,(H,8,10). The van der Waals surface area contributed by atoms with Crippen LogP contribution in [0.3, 0.4) is 0 Å². The molecule has 1 rings (SSSR count). The third-order valence-corrected chi connectivity index (χ3v) is 4.36. The monoisotopic (exact) mass is 383 g/mol. The van der Waals surface area contributed by atoms with Crippen LogP contribution >= 0.6 is 57.4 Å². The van der Waals surface area contributed by atoms with E-state index in [-0.39, 0.29) is 5.60 Å². The Labute approximate surface area is 92.7 Å². The molecule has 1 aliphatic rings. The van der Waals surface area contributed by atoms with E-state index < -0.39 is 0 Å². The molecule has 1 fully saturated rings. The zero-order chi connectivity index (χ0) is 7.61. The van der Waals surface area contributed by atoms with Crippen LogP contribution in [-0.4, -0.2) is 19.4 Å². The molecule has 0 bridgehead atoms. The molecular formula is C5H7I2NOS. The van der Waals surface area contributed by atoms with Gasteiger partial charge in [0, 0.05) is 15.3 Å². The highest BCUT2D eigenvalue weighted by Gasteiger charge is 2.36. The molecule has 10 heavy (non-hydrogen) atoms. The Morgan fingerprint density at radius 2 is 2.20 bits per heavy atom. The van der Waals surface area contributed by atoms with Gasteiger partial charge < -0.3 is 0 Å². The van der Waals surface area contributed by atoms with Gasteiger partial charge in [-0.25, -0.2) is 0 Å². The van der Waals surface area contributed by atoms with Gasteiger partial charge in [0.1, 0.15) is 10.6 Å². The Morgan fingerprint density at radius 3 is 2.40 bits per heavy atom. The fourth-order valence-electron chi connectivity index (χ4n) is 0.715. The lowest BCUT2D eigenvalue weighted by molar-refractivity contribution is -0.00852. The van der Waals surface area contributed by atoms with Crippen LogP contribution in [0.1, 0.15) is 6.42 Å². The van der Waals surface area contributed by atoms with E-state index in [1.54, 1.807) is 0 Å². The van der Waals surface area contributed by atoms with Crippen molar-refractivity contribution < 1.29 is 4.84 Å². The van der Waals surface area contributed by atoms with Crippen LogP contribution < -0.4 is 5.48 Å². The average molecular weight is 383 g/mol. The van der Waals surface area contributed by atoms with E-state index in [0.29, 0.717) is 0 Å². The van der Waals surface area contributed by atoms with E-state index in [9.17, 15) is 0 Å². The van der Waals surface area contributed by atoms with Crippen molar-refractivity contribution >= 4 is 62.4 Å². The normalized spacial score (nSPS) is 22.8. The minimum atomic E-state index is -0.0296. The first-order valence-corrected chi connectivity index (χ1v) is 6.27. The second-order valence-corrected chi connectivity index (χ2v) is 4.27. The predicted molar refractivity (Wildman–Crippen MR) is 61.9 cm³/mol. The highest BCUT2D eigenvalue weighted by molar-refractivity contribution is 14.1. The molecule has 0 amide bonds. The molecule has 5 heteroatoms. The molecular weight excluding hydrogens is 376 g/mol. The van der Waals surface area contributed by atoms with Crippen LogP contribution in [0, 0.1) is 0 Å². The fraction of sp³-hybridized carbons (Fsp3) is 0.800. The maximum Gasteiger partial charge on any atom is 0.120 e. The Bertz CT molecular complexity index is 149. The van der Waals surface area contributed by atoms with Gasteiger partial charge in [-0.1, -0.05) is 57.4 Å². The molecule has 1 saturated heterocycles. The summed E-state index contributed by atoms with van der Waals surface area (Å²) >= 11 is 9.60. The molecule has 1 heterocycles. The lowest BCUT2D eigenvalue weighted by atomic mass is 10.1. The minimum Gasteiger partial charge on any atom is -0.267 e. The van der Waals surface area contributed by atoms with Crippen molar-refractivity contribution in [2.45, 2.75) is 12.0 Å². The maximum absolute atomic E-state index is 5.34. The topological polar surface area (TPSA) is 21.3 Å². The van der Waals surface area contributed by atoms with E-state index >= 15 is 0 Å². The van der Waals surface area contributed by atoms with Gasteiger partial charge in [-0.05, 0) is 0 Å². The van der Waals surface area contributed by atoms with Crippen molar-refractivity contribution in [1.29, 1.82) is 0 Å². The van der Waals surface area contributed by atoms with E-state index in [1.165, 1.54) is 0 Å². The Balaban J connectivity index is 2.59. The molecule has 0 aliphatic carbocycles. The molecule has 2 nitrogen and oxygen atoms in total. The van der Waals surface area contributed by atoms with Gasteiger partial charge >= 0.3 is 0 Å². The first kappa shape index (κ1) is 9.40. The second kappa shape index (κ2) is 3.81. The fourth-order valence-corrected chi connectivity index (χ4v) is 3.44. The molecule has 1 aliphatic heterocycles. The minimum absolute atomic E-state index is 0.0296. The van der Waals surface area contributed by atoms with Gasteiger partial charge in [-0.15, -0.1) is 0 Å². The molecule has 0 aromatic rings. The first-order valence-electron chi connectivity index (χ1n) is 2.81. The van der Waals surface area contributed by atoms with Crippen LogP contribution in [0.15, 0.2) is 0 Å². The van der Waals surface area contributed by atoms with Gasteiger partial charge in [-0.2, -0.15) is 0 Å². The molecule has 58 valence electrons. The summed E-state index contributed by atoms with van der Waals surface area (Å²) in [6, 6.07) is 0. The van der Waals surface area contributed by atoms with Crippen molar-refractivity contribution in [3.63, 3.8) is 0 Å². The smallest absolute Gasteiger partial charge is 0.120 e. The number of rotatable bonds is 2. The van der Waals surface area contributed by atoms with Crippen LogP contribution in [0.2, 0.25) is 0 Å². The van der Waals surface area contributed by atoms with Crippen molar-refractivity contribution in [3.8, 4) is 0 Å². The maximum atomic E-state index is 5.34. The number of halogens is 2. The van der Waals surface area contributed by atoms with Gasteiger partial charge in [0.2, 0.25) is 0 Å². The van der Waals surface area contributed by atoms with Gasteiger partial charge in [0.05, 0.1) is 0 Å². The Hall–Kier alpha value is 1.31. The zero-order valence-corrected chi connectivity index (χ0v) is 10.3. The summed E-state index contributed by atoms with van der Waals surface area (Å²) < 4.78 is 1.97. The number of thiocarbonyl (C=S) groups is 1. The van der Waals surface area contributed by atoms with Gasteiger partial charge in [0.25, 0.3) is 0 Å². The lowest BCUT2D eigenvalue weighted by Gasteiger charge is -2.19. The number of hydrogen-bond donors (Lipinski definition) is 1. The van der Waals surface area contributed by atoms with E-state index in [2.05, 4.69) is 50.7 Å². The summed E-state index contributed by atoms with van der Waals surface area (Å²) in [7, 11) is 0. The highest BCUT2D eigenvalue weighted by atomic mass is 127. The summed E-state index contributed by atoms with van der Waals surface area (Å²) in [5.74, 6) is 0. The molecule has 0 saturated carbocycles. The zero-order valence-electron chi connectivity index (χ0n) is 5.19. The molecule has 0 aromatic carbocycles.